The third-order valence-corrected chi connectivity index (χ3v) is 3.63. The number of halogens is 2. The first-order chi connectivity index (χ1) is 11.6. The van der Waals surface area contributed by atoms with Gasteiger partial charge in [-0.15, -0.1) is 5.10 Å². The van der Waals surface area contributed by atoms with Crippen molar-refractivity contribution >= 4 is 35.1 Å². The Morgan fingerprint density at radius 1 is 1.08 bits per heavy atom. The molecule has 1 amide bonds. The molecule has 0 aliphatic heterocycles. The average molecular weight is 364 g/mol. The number of rotatable bonds is 4. The number of anilines is 1. The molecule has 3 rings (SSSR count). The first-order valence-electron chi connectivity index (χ1n) is 6.81. The van der Waals surface area contributed by atoms with Crippen LogP contribution >= 0.6 is 23.2 Å². The van der Waals surface area contributed by atoms with E-state index in [1.807, 2.05) is 0 Å². The molecular weight excluding hydrogens is 353 g/mol. The van der Waals surface area contributed by atoms with Crippen LogP contribution in [0.3, 0.4) is 0 Å². The van der Waals surface area contributed by atoms with E-state index in [-0.39, 0.29) is 17.5 Å². The van der Waals surface area contributed by atoms with Gasteiger partial charge in [-0.25, -0.2) is 0 Å². The zero-order valence-electron chi connectivity index (χ0n) is 12.4. The largest absolute Gasteiger partial charge is 0.496 e. The number of methoxy groups -OCH3 is 1. The summed E-state index contributed by atoms with van der Waals surface area (Å²) in [6, 6.07) is 11.6. The molecular formula is C16H11Cl2N3O3. The molecule has 0 aliphatic carbocycles. The van der Waals surface area contributed by atoms with E-state index >= 15 is 0 Å². The van der Waals surface area contributed by atoms with Gasteiger partial charge in [0, 0.05) is 15.6 Å². The maximum Gasteiger partial charge on any atom is 0.322 e. The topological polar surface area (TPSA) is 77.2 Å². The number of hydrogen-bond acceptors (Lipinski definition) is 5. The van der Waals surface area contributed by atoms with Crippen LogP contribution in [-0.2, 0) is 0 Å². The number of carbonyl (C=O) groups excluding carboxylic acids is 1. The SMILES string of the molecule is COc1ccc(Cl)cc1C(=O)Nc1nnc(-c2ccc(Cl)cc2)o1. The molecule has 1 N–H and O–H groups in total. The molecule has 0 unspecified atom stereocenters. The number of aromatic nitrogens is 2. The van der Waals surface area contributed by atoms with Crippen molar-refractivity contribution < 1.29 is 13.9 Å². The highest BCUT2D eigenvalue weighted by Gasteiger charge is 2.16. The molecule has 6 nitrogen and oxygen atoms in total. The molecule has 0 aliphatic rings. The summed E-state index contributed by atoms with van der Waals surface area (Å²) in [5.41, 5.74) is 0.948. The monoisotopic (exact) mass is 363 g/mol. The number of hydrogen-bond donors (Lipinski definition) is 1. The Bertz CT molecular complexity index is 879. The molecule has 0 radical (unpaired) electrons. The lowest BCUT2D eigenvalue weighted by atomic mass is 10.2. The van der Waals surface area contributed by atoms with Crippen molar-refractivity contribution in [2.24, 2.45) is 0 Å². The molecule has 2 aromatic carbocycles. The van der Waals surface area contributed by atoms with Crippen LogP contribution in [-0.4, -0.2) is 23.2 Å². The highest BCUT2D eigenvalue weighted by atomic mass is 35.5. The minimum atomic E-state index is -0.472. The van der Waals surface area contributed by atoms with Crippen LogP contribution in [0.25, 0.3) is 11.5 Å². The van der Waals surface area contributed by atoms with E-state index in [4.69, 9.17) is 32.4 Å². The predicted molar refractivity (Wildman–Crippen MR) is 90.7 cm³/mol. The molecule has 1 aromatic heterocycles. The predicted octanol–water partition coefficient (Wildman–Crippen LogP) is 4.30. The number of nitrogens with one attached hydrogen (secondary N) is 1. The van der Waals surface area contributed by atoms with Gasteiger partial charge in [0.05, 0.1) is 12.7 Å². The summed E-state index contributed by atoms with van der Waals surface area (Å²) in [7, 11) is 1.46. The van der Waals surface area contributed by atoms with E-state index < -0.39 is 5.91 Å². The third kappa shape index (κ3) is 3.50. The zero-order valence-corrected chi connectivity index (χ0v) is 13.9. The summed E-state index contributed by atoms with van der Waals surface area (Å²) in [5, 5.41) is 11.2. The summed E-state index contributed by atoms with van der Waals surface area (Å²) in [6.07, 6.45) is 0. The van der Waals surface area contributed by atoms with Crippen LogP contribution in [0.2, 0.25) is 10.0 Å². The van der Waals surface area contributed by atoms with Crippen LogP contribution in [0.4, 0.5) is 6.01 Å². The van der Waals surface area contributed by atoms with Gasteiger partial charge >= 0.3 is 6.01 Å². The van der Waals surface area contributed by atoms with Gasteiger partial charge in [-0.1, -0.05) is 28.3 Å². The van der Waals surface area contributed by atoms with Crippen molar-refractivity contribution in [2.75, 3.05) is 12.4 Å². The Morgan fingerprint density at radius 3 is 2.50 bits per heavy atom. The Hall–Kier alpha value is -2.57. The minimum Gasteiger partial charge on any atom is -0.496 e. The third-order valence-electron chi connectivity index (χ3n) is 3.14. The van der Waals surface area contributed by atoms with Gasteiger partial charge < -0.3 is 9.15 Å². The fraction of sp³-hybridized carbons (Fsp3) is 0.0625. The highest BCUT2D eigenvalue weighted by molar-refractivity contribution is 6.31. The van der Waals surface area contributed by atoms with Crippen molar-refractivity contribution in [3.63, 3.8) is 0 Å². The summed E-state index contributed by atoms with van der Waals surface area (Å²) >= 11 is 11.8. The summed E-state index contributed by atoms with van der Waals surface area (Å²) in [5.74, 6) is 0.176. The van der Waals surface area contributed by atoms with Crippen molar-refractivity contribution in [2.45, 2.75) is 0 Å². The van der Waals surface area contributed by atoms with Gasteiger partial charge in [-0.2, -0.15) is 0 Å². The second kappa shape index (κ2) is 6.90. The Labute approximate surface area is 147 Å². The number of nitrogens with zero attached hydrogens (tertiary/aromatic N) is 2. The number of ether oxygens (including phenoxy) is 1. The summed E-state index contributed by atoms with van der Waals surface area (Å²) < 4.78 is 10.6. The fourth-order valence-corrected chi connectivity index (χ4v) is 2.30. The Kier molecular flexibility index (Phi) is 4.69. The molecule has 0 saturated carbocycles. The lowest BCUT2D eigenvalue weighted by Gasteiger charge is -2.07. The standard InChI is InChI=1S/C16H11Cl2N3O3/c1-23-13-7-6-11(18)8-12(13)14(22)19-16-21-20-15(24-16)9-2-4-10(17)5-3-9/h2-8H,1H3,(H,19,21,22). The highest BCUT2D eigenvalue weighted by Crippen LogP contribution is 2.25. The first kappa shape index (κ1) is 16.3. The minimum absolute atomic E-state index is 0.0352. The van der Waals surface area contributed by atoms with E-state index in [0.29, 0.717) is 21.4 Å². The smallest absolute Gasteiger partial charge is 0.322 e. The molecule has 0 fully saturated rings. The molecule has 24 heavy (non-hydrogen) atoms. The number of amides is 1. The maximum atomic E-state index is 12.3. The van der Waals surface area contributed by atoms with Gasteiger partial charge in [0.15, 0.2) is 0 Å². The van der Waals surface area contributed by atoms with Crippen LogP contribution < -0.4 is 10.1 Å². The van der Waals surface area contributed by atoms with Crippen molar-refractivity contribution in [1.82, 2.24) is 10.2 Å². The van der Waals surface area contributed by atoms with E-state index in [9.17, 15) is 4.79 Å². The second-order valence-electron chi connectivity index (χ2n) is 4.72. The van der Waals surface area contributed by atoms with Gasteiger partial charge in [0.2, 0.25) is 5.89 Å². The average Bonchev–Trinajstić information content (AvgIpc) is 3.04. The normalized spacial score (nSPS) is 10.5. The van der Waals surface area contributed by atoms with Gasteiger partial charge in [-0.05, 0) is 42.5 Å². The molecule has 122 valence electrons. The van der Waals surface area contributed by atoms with Gasteiger partial charge in [0.1, 0.15) is 5.75 Å². The molecule has 1 heterocycles. The fourth-order valence-electron chi connectivity index (χ4n) is 2.00. The van der Waals surface area contributed by atoms with E-state index in [0.717, 1.165) is 0 Å². The van der Waals surface area contributed by atoms with E-state index in [1.54, 1.807) is 36.4 Å². The Balaban J connectivity index is 1.81. The Morgan fingerprint density at radius 2 is 1.79 bits per heavy atom. The van der Waals surface area contributed by atoms with Gasteiger partial charge in [-0.3, -0.25) is 10.1 Å². The van der Waals surface area contributed by atoms with E-state index in [1.165, 1.54) is 13.2 Å². The zero-order chi connectivity index (χ0) is 17.1. The summed E-state index contributed by atoms with van der Waals surface area (Å²) in [6.45, 7) is 0. The number of benzene rings is 2. The van der Waals surface area contributed by atoms with Crippen molar-refractivity contribution in [3.05, 3.63) is 58.1 Å². The lowest BCUT2D eigenvalue weighted by molar-refractivity contribution is 0.102. The van der Waals surface area contributed by atoms with Crippen LogP contribution in [0, 0.1) is 0 Å². The first-order valence-corrected chi connectivity index (χ1v) is 7.57. The molecule has 3 aromatic rings. The summed E-state index contributed by atoms with van der Waals surface area (Å²) in [4.78, 5) is 12.3. The second-order valence-corrected chi connectivity index (χ2v) is 5.59. The molecule has 0 saturated heterocycles. The van der Waals surface area contributed by atoms with Crippen LogP contribution in [0.15, 0.2) is 46.9 Å². The van der Waals surface area contributed by atoms with Crippen molar-refractivity contribution in [1.29, 1.82) is 0 Å². The van der Waals surface area contributed by atoms with E-state index in [2.05, 4.69) is 15.5 Å². The van der Waals surface area contributed by atoms with Crippen molar-refractivity contribution in [3.8, 4) is 17.2 Å². The molecule has 8 heteroatoms. The van der Waals surface area contributed by atoms with Crippen LogP contribution in [0.1, 0.15) is 10.4 Å². The quantitative estimate of drug-likeness (QED) is 0.747. The maximum absolute atomic E-state index is 12.3. The molecule has 0 spiro atoms. The van der Waals surface area contributed by atoms with Gasteiger partial charge in [0.25, 0.3) is 5.91 Å². The van der Waals surface area contributed by atoms with Crippen LogP contribution in [0.5, 0.6) is 5.75 Å². The lowest BCUT2D eigenvalue weighted by Crippen LogP contribution is -2.13. The molecule has 0 atom stereocenters. The number of carbonyl (C=O) groups is 1. The molecule has 0 bridgehead atoms.